The van der Waals surface area contributed by atoms with E-state index in [0.717, 1.165) is 16.8 Å². The molecule has 1 aliphatic rings. The van der Waals surface area contributed by atoms with Crippen molar-refractivity contribution in [2.24, 2.45) is 11.5 Å². The lowest BCUT2D eigenvalue weighted by Gasteiger charge is -2.23. The van der Waals surface area contributed by atoms with E-state index in [4.69, 9.17) is 16.2 Å². The molecule has 1 unspecified atom stereocenters. The second-order valence-corrected chi connectivity index (χ2v) is 9.60. The highest BCUT2D eigenvalue weighted by Crippen LogP contribution is 2.38. The van der Waals surface area contributed by atoms with Crippen LogP contribution in [0.5, 0.6) is 0 Å². The Bertz CT molecular complexity index is 1290. The van der Waals surface area contributed by atoms with Crippen LogP contribution in [0.4, 0.5) is 11.4 Å². The minimum absolute atomic E-state index is 0.174. The summed E-state index contributed by atoms with van der Waals surface area (Å²) in [5.74, 6) is -0.675. The monoisotopic (exact) mass is 484 g/mol. The van der Waals surface area contributed by atoms with E-state index >= 15 is 0 Å². The van der Waals surface area contributed by atoms with Crippen molar-refractivity contribution in [1.29, 1.82) is 0 Å². The molecule has 7 heteroatoms. The fourth-order valence-corrected chi connectivity index (χ4v) is 4.29. The third-order valence-electron chi connectivity index (χ3n) is 5.94. The molecule has 3 aromatic carbocycles. The van der Waals surface area contributed by atoms with Crippen molar-refractivity contribution in [3.8, 4) is 0 Å². The van der Waals surface area contributed by atoms with E-state index < -0.39 is 5.97 Å². The molecule has 1 heterocycles. The highest BCUT2D eigenvalue weighted by atomic mass is 16.5. The molecule has 7 nitrogen and oxygen atoms in total. The second kappa shape index (κ2) is 10.4. The molecule has 6 N–H and O–H groups in total. The smallest absolute Gasteiger partial charge is 0.338 e. The first-order valence-corrected chi connectivity index (χ1v) is 12.0. The lowest BCUT2D eigenvalue weighted by molar-refractivity contribution is -0.110. The van der Waals surface area contributed by atoms with Crippen LogP contribution in [0.25, 0.3) is 11.3 Å². The van der Waals surface area contributed by atoms with Crippen molar-refractivity contribution in [3.63, 3.8) is 0 Å². The maximum absolute atomic E-state index is 13.2. The highest BCUT2D eigenvalue weighted by Gasteiger charge is 2.29. The van der Waals surface area contributed by atoms with Crippen molar-refractivity contribution < 1.29 is 14.3 Å². The summed E-state index contributed by atoms with van der Waals surface area (Å²) in [6, 6.07) is 22.4. The number of amides is 1. The summed E-state index contributed by atoms with van der Waals surface area (Å²) in [7, 11) is 0. The number of carbonyl (C=O) groups is 2. The Morgan fingerprint density at radius 2 is 1.72 bits per heavy atom. The molecule has 0 aliphatic carbocycles. The largest absolute Gasteiger partial charge is 0.462 e. The Hall–Kier alpha value is -3.94. The molecule has 1 amide bonds. The summed E-state index contributed by atoms with van der Waals surface area (Å²) < 4.78 is 5.10. The van der Waals surface area contributed by atoms with Crippen LogP contribution in [-0.2, 0) is 9.53 Å². The Kier molecular flexibility index (Phi) is 7.24. The van der Waals surface area contributed by atoms with Crippen LogP contribution in [-0.4, -0.2) is 24.0 Å². The van der Waals surface area contributed by atoms with Crippen molar-refractivity contribution in [3.05, 3.63) is 95.1 Å². The van der Waals surface area contributed by atoms with Gasteiger partial charge in [-0.1, -0.05) is 48.5 Å². The highest BCUT2D eigenvalue weighted by molar-refractivity contribution is 6.37. The number of nitrogens with two attached hydrogens (primary N) is 2. The van der Waals surface area contributed by atoms with Crippen LogP contribution in [0.3, 0.4) is 0 Å². The van der Waals surface area contributed by atoms with Gasteiger partial charge >= 0.3 is 5.97 Å². The number of hydrogen-bond donors (Lipinski definition) is 4. The molecule has 0 bridgehead atoms. The molecular weight excluding hydrogens is 452 g/mol. The molecule has 1 aliphatic heterocycles. The summed E-state index contributed by atoms with van der Waals surface area (Å²) in [4.78, 5) is 25.3. The van der Waals surface area contributed by atoms with Crippen LogP contribution < -0.4 is 22.1 Å². The van der Waals surface area contributed by atoms with E-state index in [2.05, 4.69) is 10.6 Å². The van der Waals surface area contributed by atoms with Crippen molar-refractivity contribution in [2.75, 3.05) is 17.2 Å². The number of ether oxygens (including phenoxy) is 1. The van der Waals surface area contributed by atoms with Gasteiger partial charge in [0.15, 0.2) is 0 Å². The number of hydrogen-bond acceptors (Lipinski definition) is 6. The van der Waals surface area contributed by atoms with E-state index in [-0.39, 0.29) is 24.1 Å². The number of anilines is 2. The molecular formula is C29H32N4O3. The zero-order chi connectivity index (χ0) is 25.9. The third-order valence-corrected chi connectivity index (χ3v) is 5.94. The Morgan fingerprint density at radius 1 is 1.03 bits per heavy atom. The summed E-state index contributed by atoms with van der Waals surface area (Å²) in [5, 5.41) is 6.34. The van der Waals surface area contributed by atoms with Gasteiger partial charge in [-0.15, -0.1) is 0 Å². The Labute approximate surface area is 211 Å². The Balaban J connectivity index is 1.71. The minimum Gasteiger partial charge on any atom is -0.462 e. The molecule has 0 radical (unpaired) electrons. The lowest BCUT2D eigenvalue weighted by Crippen LogP contribution is -2.35. The van der Waals surface area contributed by atoms with E-state index in [1.54, 1.807) is 25.1 Å². The number of fused-ring (bicyclic) bond motifs is 1. The zero-order valence-electron chi connectivity index (χ0n) is 20.8. The quantitative estimate of drug-likeness (QED) is 0.266. The molecule has 0 saturated heterocycles. The van der Waals surface area contributed by atoms with Gasteiger partial charge in [-0.25, -0.2) is 4.79 Å². The summed E-state index contributed by atoms with van der Waals surface area (Å²) in [6.07, 6.45) is 0.657. The molecule has 1 atom stereocenters. The van der Waals surface area contributed by atoms with Crippen molar-refractivity contribution >= 4 is 34.5 Å². The SMILES string of the molecule is CCOC(=O)c1ccc2c(c1)NC(=O)C2=C(Nc1ccc(C(N)CC(C)(C)N)cc1)c1ccccc1. The van der Waals surface area contributed by atoms with Gasteiger partial charge in [0.1, 0.15) is 0 Å². The van der Waals surface area contributed by atoms with Gasteiger partial charge in [-0.2, -0.15) is 0 Å². The predicted molar refractivity (Wildman–Crippen MR) is 144 cm³/mol. The van der Waals surface area contributed by atoms with Crippen LogP contribution in [0.15, 0.2) is 72.8 Å². The fourth-order valence-electron chi connectivity index (χ4n) is 4.29. The molecule has 0 spiro atoms. The van der Waals surface area contributed by atoms with Gasteiger partial charge in [0.2, 0.25) is 0 Å². The molecule has 0 aromatic heterocycles. The Morgan fingerprint density at radius 3 is 2.36 bits per heavy atom. The average molecular weight is 485 g/mol. The summed E-state index contributed by atoms with van der Waals surface area (Å²) >= 11 is 0. The van der Waals surface area contributed by atoms with E-state index in [9.17, 15) is 9.59 Å². The minimum atomic E-state index is -0.426. The first kappa shape index (κ1) is 25.2. The molecule has 4 rings (SSSR count). The lowest BCUT2D eigenvalue weighted by atomic mass is 9.92. The maximum atomic E-state index is 13.2. The molecule has 36 heavy (non-hydrogen) atoms. The average Bonchev–Trinajstić information content (AvgIpc) is 3.17. The first-order chi connectivity index (χ1) is 17.2. The van der Waals surface area contributed by atoms with Gasteiger partial charge in [0.25, 0.3) is 5.91 Å². The van der Waals surface area contributed by atoms with E-state index in [0.29, 0.717) is 34.5 Å². The van der Waals surface area contributed by atoms with Gasteiger partial charge in [0, 0.05) is 22.8 Å². The van der Waals surface area contributed by atoms with Crippen molar-refractivity contribution in [2.45, 2.75) is 38.8 Å². The van der Waals surface area contributed by atoms with Gasteiger partial charge in [-0.3, -0.25) is 4.79 Å². The number of nitrogens with one attached hydrogen (secondary N) is 2. The first-order valence-electron chi connectivity index (χ1n) is 12.0. The topological polar surface area (TPSA) is 119 Å². The second-order valence-electron chi connectivity index (χ2n) is 9.60. The fraction of sp³-hybridized carbons (Fsp3) is 0.241. The zero-order valence-corrected chi connectivity index (χ0v) is 20.8. The van der Waals surface area contributed by atoms with Gasteiger partial charge < -0.3 is 26.8 Å². The number of esters is 1. The number of rotatable bonds is 8. The standard InChI is InChI=1S/C29H32N4O3/c1-4-36-28(35)20-12-15-22-24(16-20)33-27(34)25(22)26(19-8-6-5-7-9-19)32-21-13-10-18(11-14-21)23(30)17-29(2,3)31/h5-16,23,32H,4,17,30-31H2,1-3H3,(H,33,34). The number of carbonyl (C=O) groups excluding carboxylic acids is 2. The van der Waals surface area contributed by atoms with Gasteiger partial charge in [0.05, 0.1) is 29.1 Å². The summed E-state index contributed by atoms with van der Waals surface area (Å²) in [6.45, 7) is 5.96. The van der Waals surface area contributed by atoms with E-state index in [1.807, 2.05) is 68.4 Å². The normalized spacial score (nSPS) is 15.1. The van der Waals surface area contributed by atoms with Crippen molar-refractivity contribution in [1.82, 2.24) is 0 Å². The third kappa shape index (κ3) is 5.64. The van der Waals surface area contributed by atoms with Crippen LogP contribution in [0.2, 0.25) is 0 Å². The van der Waals surface area contributed by atoms with Crippen LogP contribution in [0, 0.1) is 0 Å². The molecule has 0 fully saturated rings. The van der Waals surface area contributed by atoms with E-state index in [1.165, 1.54) is 0 Å². The summed E-state index contributed by atoms with van der Waals surface area (Å²) in [5.41, 5.74) is 17.6. The molecule has 0 saturated carbocycles. The van der Waals surface area contributed by atoms with Gasteiger partial charge in [-0.05, 0) is 62.6 Å². The molecule has 3 aromatic rings. The van der Waals surface area contributed by atoms with Crippen LogP contribution in [0.1, 0.15) is 60.3 Å². The number of benzene rings is 3. The van der Waals surface area contributed by atoms with Crippen LogP contribution >= 0.6 is 0 Å². The predicted octanol–water partition coefficient (Wildman–Crippen LogP) is 4.92. The maximum Gasteiger partial charge on any atom is 0.338 e. The molecule has 186 valence electrons.